The average Bonchev–Trinajstić information content (AvgIpc) is 1.36. The second-order valence-corrected chi connectivity index (χ2v) is 1.80. The van der Waals surface area contributed by atoms with Crippen LogP contribution in [-0.4, -0.2) is 28.2 Å². The molecule has 7 heavy (non-hydrogen) atoms. The highest BCUT2D eigenvalue weighted by atomic mass is 31.0. The van der Waals surface area contributed by atoms with Crippen molar-refractivity contribution in [3.8, 4) is 0 Å². The summed E-state index contributed by atoms with van der Waals surface area (Å²) in [5.41, 5.74) is 0. The molecule has 0 aliphatic heterocycles. The molecule has 0 unspecified atom stereocenters. The number of hydrogen-bond acceptors (Lipinski definition) is 5. The maximum atomic E-state index is 7.94. The van der Waals surface area contributed by atoms with Crippen LogP contribution in [0.2, 0.25) is 0 Å². The average molecular weight is 143 g/mol. The smallest absolute Gasteiger partial charge is 0.368 e. The predicted octanol–water partition coefficient (Wildman–Crippen LogP) is -1.87. The Morgan fingerprint density at radius 2 is 1.00 bits per heavy atom. The lowest BCUT2D eigenvalue weighted by molar-refractivity contribution is 0.117. The minimum atomic E-state index is -4.61. The van der Waals surface area contributed by atoms with E-state index >= 15 is 0 Å². The van der Waals surface area contributed by atoms with Gasteiger partial charge < -0.3 is 19.2 Å². The predicted molar refractivity (Wildman–Crippen MR) is 22.2 cm³/mol. The van der Waals surface area contributed by atoms with Gasteiger partial charge in [-0.1, -0.05) is 0 Å². The van der Waals surface area contributed by atoms with Gasteiger partial charge in [0.1, 0.15) is 0 Å². The molecule has 0 aromatic carbocycles. The molecule has 0 aromatic rings. The summed E-state index contributed by atoms with van der Waals surface area (Å²) in [6.07, 6.45) is 0. The SMILES string of the molecule is O=[P].O[Si](O)(O)O. The zero-order valence-corrected chi connectivity index (χ0v) is 5.04. The van der Waals surface area contributed by atoms with Crippen LogP contribution < -0.4 is 0 Å². The first-order valence-electron chi connectivity index (χ1n) is 1.08. The Balaban J connectivity index is 0. The Labute approximate surface area is 43.0 Å². The van der Waals surface area contributed by atoms with Gasteiger partial charge in [-0.2, -0.15) is 0 Å². The molecule has 5 nitrogen and oxygen atoms in total. The molecule has 0 saturated heterocycles. The minimum Gasteiger partial charge on any atom is -0.368 e. The lowest BCUT2D eigenvalue weighted by Gasteiger charge is -1.91. The summed E-state index contributed by atoms with van der Waals surface area (Å²) < 4.78 is 7.94. The third-order valence-electron chi connectivity index (χ3n) is 0. The molecule has 1 radical (unpaired) electrons. The van der Waals surface area contributed by atoms with Gasteiger partial charge in [0, 0.05) is 0 Å². The zero-order chi connectivity index (χ0) is 6.50. The van der Waals surface area contributed by atoms with Crippen molar-refractivity contribution in [1.29, 1.82) is 0 Å². The van der Waals surface area contributed by atoms with E-state index in [0.717, 1.165) is 0 Å². The van der Waals surface area contributed by atoms with E-state index in [9.17, 15) is 0 Å². The van der Waals surface area contributed by atoms with Gasteiger partial charge >= 0.3 is 9.05 Å². The van der Waals surface area contributed by atoms with Gasteiger partial charge in [0.05, 0.1) is 0 Å². The van der Waals surface area contributed by atoms with Crippen LogP contribution in [0.3, 0.4) is 0 Å². The van der Waals surface area contributed by atoms with Crippen molar-refractivity contribution >= 4 is 18.2 Å². The fraction of sp³-hybridized carbons (Fsp3) is 0. The van der Waals surface area contributed by atoms with E-state index in [2.05, 4.69) is 9.12 Å². The highest BCUT2D eigenvalue weighted by molar-refractivity contribution is 7.00. The van der Waals surface area contributed by atoms with Crippen LogP contribution >= 0.6 is 9.12 Å². The van der Waals surface area contributed by atoms with E-state index in [-0.39, 0.29) is 0 Å². The third-order valence-corrected chi connectivity index (χ3v) is 0. The first-order valence-corrected chi connectivity index (χ1v) is 3.23. The van der Waals surface area contributed by atoms with Crippen LogP contribution in [0.4, 0.5) is 0 Å². The van der Waals surface area contributed by atoms with Crippen LogP contribution in [0.5, 0.6) is 0 Å². The Kier molecular flexibility index (Phi) is 6.29. The van der Waals surface area contributed by atoms with E-state index in [1.54, 1.807) is 0 Å². The van der Waals surface area contributed by atoms with Gasteiger partial charge in [0.25, 0.3) is 9.12 Å². The summed E-state index contributed by atoms with van der Waals surface area (Å²) in [5, 5.41) is 0. The molecular weight excluding hydrogens is 139 g/mol. The first kappa shape index (κ1) is 10.2. The van der Waals surface area contributed by atoms with Gasteiger partial charge in [0.15, 0.2) is 0 Å². The molecule has 0 saturated carbocycles. The molecule has 0 spiro atoms. The standard InChI is InChI=1S/H4O4Si.OP/c1-5(2,3)4;1-2/h1-4H;. The minimum absolute atomic E-state index is 2.28. The van der Waals surface area contributed by atoms with Crippen LogP contribution in [0.15, 0.2) is 0 Å². The largest absolute Gasteiger partial charge is 0.668 e. The van der Waals surface area contributed by atoms with Gasteiger partial charge in [-0.05, 0) is 0 Å². The van der Waals surface area contributed by atoms with Gasteiger partial charge in [-0.15, -0.1) is 0 Å². The van der Waals surface area contributed by atoms with Crippen molar-refractivity contribution in [2.45, 2.75) is 0 Å². The Morgan fingerprint density at radius 3 is 1.00 bits per heavy atom. The molecule has 0 amide bonds. The molecule has 0 heterocycles. The first-order chi connectivity index (χ1) is 3.00. The molecule has 43 valence electrons. The van der Waals surface area contributed by atoms with Crippen molar-refractivity contribution < 1.29 is 23.7 Å². The normalized spacial score (nSPS) is 9.14. The molecule has 0 bridgehead atoms. The number of rotatable bonds is 0. The van der Waals surface area contributed by atoms with E-state index in [1.165, 1.54) is 0 Å². The van der Waals surface area contributed by atoms with Crippen LogP contribution in [-0.2, 0) is 4.57 Å². The van der Waals surface area contributed by atoms with E-state index in [0.29, 0.717) is 0 Å². The molecule has 0 aliphatic rings. The lowest BCUT2D eigenvalue weighted by atomic mass is 15.7. The molecule has 4 N–H and O–H groups in total. The maximum Gasteiger partial charge on any atom is 0.668 e. The Hall–Kier alpha value is 0.157. The summed E-state index contributed by atoms with van der Waals surface area (Å²) in [6.45, 7) is 0. The van der Waals surface area contributed by atoms with E-state index in [1.807, 2.05) is 0 Å². The maximum absolute atomic E-state index is 7.94. The lowest BCUT2D eigenvalue weighted by Crippen LogP contribution is -2.33. The zero-order valence-electron chi connectivity index (χ0n) is 3.14. The van der Waals surface area contributed by atoms with Crippen molar-refractivity contribution in [3.05, 3.63) is 0 Å². The second kappa shape index (κ2) is 4.32. The van der Waals surface area contributed by atoms with Gasteiger partial charge in [0.2, 0.25) is 0 Å². The molecule has 0 aliphatic carbocycles. The number of hydrogen-bond donors (Lipinski definition) is 4. The topological polar surface area (TPSA) is 98.0 Å². The summed E-state index contributed by atoms with van der Waals surface area (Å²) in [5.74, 6) is 0. The highest BCUT2D eigenvalue weighted by Gasteiger charge is 2.22. The molecule has 7 heteroatoms. The summed E-state index contributed by atoms with van der Waals surface area (Å²) in [4.78, 5) is 29.3. The summed E-state index contributed by atoms with van der Waals surface area (Å²) in [7, 11) is -2.33. The van der Waals surface area contributed by atoms with Crippen LogP contribution in [0, 0.1) is 0 Å². The quantitative estimate of drug-likeness (QED) is 0.235. The van der Waals surface area contributed by atoms with Crippen LogP contribution in [0.25, 0.3) is 0 Å². The molecule has 0 fully saturated rings. The molecular formula is H4O5PSi. The fourth-order valence-corrected chi connectivity index (χ4v) is 0. The summed E-state index contributed by atoms with van der Waals surface area (Å²) in [6, 6.07) is 0. The van der Waals surface area contributed by atoms with Gasteiger partial charge in [-0.3, -0.25) is 4.57 Å². The molecule has 0 atom stereocenters. The van der Waals surface area contributed by atoms with Crippen molar-refractivity contribution in [3.63, 3.8) is 0 Å². The molecule has 0 rings (SSSR count). The fourth-order valence-electron chi connectivity index (χ4n) is 0. The second-order valence-electron chi connectivity index (χ2n) is 0.600. The van der Waals surface area contributed by atoms with Crippen molar-refractivity contribution in [2.24, 2.45) is 0 Å². The highest BCUT2D eigenvalue weighted by Crippen LogP contribution is 1.67. The monoisotopic (exact) mass is 143 g/mol. The van der Waals surface area contributed by atoms with Crippen molar-refractivity contribution in [2.75, 3.05) is 0 Å². The Bertz CT molecular complexity index is 31.8. The molecule has 0 aromatic heterocycles. The van der Waals surface area contributed by atoms with E-state index < -0.39 is 9.05 Å². The van der Waals surface area contributed by atoms with Crippen LogP contribution in [0.1, 0.15) is 0 Å². The summed E-state index contributed by atoms with van der Waals surface area (Å²) >= 11 is 0. The van der Waals surface area contributed by atoms with Crippen molar-refractivity contribution in [1.82, 2.24) is 0 Å². The third kappa shape index (κ3) is 4320. The van der Waals surface area contributed by atoms with Gasteiger partial charge in [-0.25, -0.2) is 0 Å². The Morgan fingerprint density at radius 1 is 1.00 bits per heavy atom. The van der Waals surface area contributed by atoms with E-state index in [4.69, 9.17) is 23.7 Å².